The molecule has 0 bridgehead atoms. The van der Waals surface area contributed by atoms with Crippen molar-refractivity contribution in [1.29, 1.82) is 0 Å². The average Bonchev–Trinajstić information content (AvgIpc) is 2.78. The minimum absolute atomic E-state index is 0.0976. The van der Waals surface area contributed by atoms with Crippen LogP contribution in [0.5, 0.6) is 0 Å². The number of aliphatic hydroxyl groups is 1. The van der Waals surface area contributed by atoms with E-state index in [9.17, 15) is 5.11 Å². The van der Waals surface area contributed by atoms with Gasteiger partial charge < -0.3 is 14.6 Å². The van der Waals surface area contributed by atoms with Crippen LogP contribution in [0, 0.1) is 11.3 Å². The van der Waals surface area contributed by atoms with E-state index in [1.165, 1.54) is 0 Å². The Morgan fingerprint density at radius 2 is 1.87 bits per heavy atom. The highest BCUT2D eigenvalue weighted by Gasteiger charge is 2.62. The van der Waals surface area contributed by atoms with Crippen molar-refractivity contribution >= 4 is 0 Å². The maximum absolute atomic E-state index is 9.72. The molecule has 3 heteroatoms. The van der Waals surface area contributed by atoms with Gasteiger partial charge in [0.25, 0.3) is 0 Å². The molecular formula is C12H20O3. The molecule has 86 valence electrons. The van der Waals surface area contributed by atoms with Gasteiger partial charge in [0.2, 0.25) is 0 Å². The summed E-state index contributed by atoms with van der Waals surface area (Å²) in [5.41, 5.74) is 0.142. The van der Waals surface area contributed by atoms with Gasteiger partial charge in [0.05, 0.1) is 19.3 Å². The Kier molecular flexibility index (Phi) is 2.14. The Morgan fingerprint density at radius 3 is 2.60 bits per heavy atom. The predicted octanol–water partition coefficient (Wildman–Crippen LogP) is 1.69. The number of ether oxygens (including phenoxy) is 2. The van der Waals surface area contributed by atoms with Crippen molar-refractivity contribution in [2.75, 3.05) is 13.2 Å². The number of hydrogen-bond donors (Lipinski definition) is 1. The number of rotatable bonds is 0. The molecule has 0 aromatic carbocycles. The average molecular weight is 212 g/mol. The first-order valence-electron chi connectivity index (χ1n) is 6.12. The third kappa shape index (κ3) is 1.23. The first kappa shape index (κ1) is 10.1. The normalized spacial score (nSPS) is 48.4. The largest absolute Gasteiger partial charge is 0.393 e. The van der Waals surface area contributed by atoms with Crippen LogP contribution in [0.1, 0.15) is 39.0 Å². The molecule has 0 amide bonds. The van der Waals surface area contributed by atoms with Gasteiger partial charge in [0.15, 0.2) is 5.79 Å². The van der Waals surface area contributed by atoms with Crippen molar-refractivity contribution in [3.63, 3.8) is 0 Å². The molecule has 1 N–H and O–H groups in total. The summed E-state index contributed by atoms with van der Waals surface area (Å²) < 4.78 is 11.8. The van der Waals surface area contributed by atoms with Crippen molar-refractivity contribution < 1.29 is 14.6 Å². The zero-order chi connectivity index (χ0) is 10.5. The van der Waals surface area contributed by atoms with Crippen LogP contribution in [0.25, 0.3) is 0 Å². The van der Waals surface area contributed by atoms with E-state index in [1.807, 2.05) is 0 Å². The fourth-order valence-electron chi connectivity index (χ4n) is 3.89. The van der Waals surface area contributed by atoms with Gasteiger partial charge in [-0.1, -0.05) is 6.92 Å². The molecule has 3 nitrogen and oxygen atoms in total. The monoisotopic (exact) mass is 212 g/mol. The van der Waals surface area contributed by atoms with Crippen LogP contribution in [-0.4, -0.2) is 30.2 Å². The summed E-state index contributed by atoms with van der Waals surface area (Å²) >= 11 is 0. The molecule has 3 aliphatic rings. The van der Waals surface area contributed by atoms with Gasteiger partial charge in [-0.3, -0.25) is 0 Å². The van der Waals surface area contributed by atoms with Crippen LogP contribution >= 0.6 is 0 Å². The Bertz CT molecular complexity index is 260. The van der Waals surface area contributed by atoms with Crippen molar-refractivity contribution in [1.82, 2.24) is 0 Å². The maximum atomic E-state index is 9.72. The van der Waals surface area contributed by atoms with E-state index in [1.54, 1.807) is 0 Å². The van der Waals surface area contributed by atoms with Crippen molar-refractivity contribution in [2.45, 2.75) is 50.9 Å². The third-order valence-corrected chi connectivity index (χ3v) is 4.90. The van der Waals surface area contributed by atoms with Crippen molar-refractivity contribution in [3.05, 3.63) is 0 Å². The smallest absolute Gasteiger partial charge is 0.174 e. The van der Waals surface area contributed by atoms with E-state index >= 15 is 0 Å². The molecule has 3 fully saturated rings. The summed E-state index contributed by atoms with van der Waals surface area (Å²) in [5.74, 6) is 0.275. The summed E-state index contributed by atoms with van der Waals surface area (Å²) in [7, 11) is 0. The van der Waals surface area contributed by atoms with Crippen molar-refractivity contribution in [2.24, 2.45) is 11.3 Å². The summed E-state index contributed by atoms with van der Waals surface area (Å²) in [6, 6.07) is 0. The van der Waals surface area contributed by atoms with Crippen molar-refractivity contribution in [3.8, 4) is 0 Å². The second-order valence-corrected chi connectivity index (χ2v) is 5.53. The molecule has 0 aromatic heterocycles. The van der Waals surface area contributed by atoms with E-state index < -0.39 is 0 Å². The van der Waals surface area contributed by atoms with Crippen LogP contribution in [-0.2, 0) is 9.47 Å². The van der Waals surface area contributed by atoms with Crippen LogP contribution in [0.3, 0.4) is 0 Å². The molecule has 2 saturated carbocycles. The van der Waals surface area contributed by atoms with Crippen LogP contribution in [0.4, 0.5) is 0 Å². The lowest BCUT2D eigenvalue weighted by Gasteiger charge is -2.46. The van der Waals surface area contributed by atoms with Gasteiger partial charge in [-0.05, 0) is 31.6 Å². The lowest BCUT2D eigenvalue weighted by Crippen LogP contribution is -2.49. The van der Waals surface area contributed by atoms with Gasteiger partial charge in [-0.25, -0.2) is 0 Å². The first-order valence-corrected chi connectivity index (χ1v) is 6.12. The van der Waals surface area contributed by atoms with E-state index in [-0.39, 0.29) is 17.3 Å². The Labute approximate surface area is 90.8 Å². The van der Waals surface area contributed by atoms with Gasteiger partial charge in [0.1, 0.15) is 0 Å². The zero-order valence-electron chi connectivity index (χ0n) is 9.37. The molecule has 3 atom stereocenters. The van der Waals surface area contributed by atoms with Gasteiger partial charge in [-0.15, -0.1) is 0 Å². The molecule has 15 heavy (non-hydrogen) atoms. The topological polar surface area (TPSA) is 38.7 Å². The number of fused-ring (bicyclic) bond motifs is 2. The van der Waals surface area contributed by atoms with E-state index in [4.69, 9.17) is 9.47 Å². The Morgan fingerprint density at radius 1 is 1.13 bits per heavy atom. The molecular weight excluding hydrogens is 192 g/mol. The van der Waals surface area contributed by atoms with Gasteiger partial charge >= 0.3 is 0 Å². The summed E-state index contributed by atoms with van der Waals surface area (Å²) in [6.07, 6.45) is 4.94. The third-order valence-electron chi connectivity index (χ3n) is 4.90. The minimum atomic E-state index is -0.308. The highest BCUT2D eigenvalue weighted by Crippen LogP contribution is 2.60. The lowest BCUT2D eigenvalue weighted by atomic mass is 9.66. The Hall–Kier alpha value is -0.120. The highest BCUT2D eigenvalue weighted by atomic mass is 16.7. The van der Waals surface area contributed by atoms with Crippen LogP contribution in [0.15, 0.2) is 0 Å². The molecule has 0 radical (unpaired) electrons. The molecule has 1 unspecified atom stereocenters. The summed E-state index contributed by atoms with van der Waals surface area (Å²) in [6.45, 7) is 3.78. The summed E-state index contributed by atoms with van der Waals surface area (Å²) in [4.78, 5) is 0. The second kappa shape index (κ2) is 3.19. The van der Waals surface area contributed by atoms with E-state index in [2.05, 4.69) is 6.92 Å². The first-order chi connectivity index (χ1) is 7.16. The van der Waals surface area contributed by atoms with Gasteiger partial charge in [-0.2, -0.15) is 0 Å². The molecule has 1 aliphatic heterocycles. The molecule has 1 heterocycles. The number of hydrogen-bond acceptors (Lipinski definition) is 3. The molecule has 3 rings (SSSR count). The van der Waals surface area contributed by atoms with Crippen LogP contribution < -0.4 is 0 Å². The molecule has 2 aliphatic carbocycles. The summed E-state index contributed by atoms with van der Waals surface area (Å²) in [5, 5.41) is 9.72. The highest BCUT2D eigenvalue weighted by molar-refractivity contribution is 5.05. The SMILES string of the molecule is C[C@@]12CC[C@@H](O)CC1CCC21OCCO1. The van der Waals surface area contributed by atoms with E-state index in [0.29, 0.717) is 5.92 Å². The maximum Gasteiger partial charge on any atom is 0.174 e. The molecule has 1 spiro atoms. The molecule has 0 aromatic rings. The van der Waals surface area contributed by atoms with Crippen LogP contribution in [0.2, 0.25) is 0 Å². The number of aliphatic hydroxyl groups excluding tert-OH is 1. The quantitative estimate of drug-likeness (QED) is 0.664. The van der Waals surface area contributed by atoms with E-state index in [0.717, 1.165) is 45.3 Å². The molecule has 1 saturated heterocycles. The fourth-order valence-corrected chi connectivity index (χ4v) is 3.89. The standard InChI is InChI=1S/C12H20O3/c1-11-4-3-10(13)8-9(11)2-5-12(11)14-6-7-15-12/h9-10,13H,2-8H2,1H3/t9?,10-,11-/m1/s1. The predicted molar refractivity (Wildman–Crippen MR) is 55.3 cm³/mol. The second-order valence-electron chi connectivity index (χ2n) is 5.53. The lowest BCUT2D eigenvalue weighted by molar-refractivity contribution is -0.234. The van der Waals surface area contributed by atoms with Gasteiger partial charge in [0, 0.05) is 11.8 Å². The minimum Gasteiger partial charge on any atom is -0.393 e. The fraction of sp³-hybridized carbons (Fsp3) is 1.00. The zero-order valence-corrected chi connectivity index (χ0v) is 9.37. The Balaban J connectivity index is 1.89.